The zero-order valence-electron chi connectivity index (χ0n) is 15.1. The van der Waals surface area contributed by atoms with Crippen molar-refractivity contribution >= 4 is 21.6 Å². The van der Waals surface area contributed by atoms with Crippen LogP contribution in [0.5, 0.6) is 5.75 Å². The van der Waals surface area contributed by atoms with E-state index in [1.807, 2.05) is 36.2 Å². The number of aromatic nitrogens is 2. The molecule has 1 aliphatic heterocycles. The Morgan fingerprint density at radius 1 is 1.27 bits per heavy atom. The van der Waals surface area contributed by atoms with Crippen LogP contribution in [-0.2, 0) is 16.3 Å². The van der Waals surface area contributed by atoms with E-state index in [2.05, 4.69) is 15.3 Å². The molecule has 1 atom stereocenters. The number of ether oxygens (including phenoxy) is 1. The summed E-state index contributed by atoms with van der Waals surface area (Å²) in [4.78, 5) is 10.7. The van der Waals surface area contributed by atoms with Crippen molar-refractivity contribution in [3.63, 3.8) is 0 Å². The van der Waals surface area contributed by atoms with Crippen LogP contribution in [0.15, 0.2) is 36.5 Å². The van der Waals surface area contributed by atoms with E-state index < -0.39 is 9.84 Å². The van der Waals surface area contributed by atoms with Crippen LogP contribution >= 0.6 is 0 Å². The molecule has 0 radical (unpaired) electrons. The Hall–Kier alpha value is -2.35. The highest BCUT2D eigenvalue weighted by atomic mass is 32.2. The molecule has 0 spiro atoms. The number of benzene rings is 1. The van der Waals surface area contributed by atoms with Crippen LogP contribution in [0.1, 0.15) is 12.0 Å². The lowest BCUT2D eigenvalue weighted by Gasteiger charge is -2.24. The normalized spacial score (nSPS) is 18.5. The quantitative estimate of drug-likeness (QED) is 0.788. The standard InChI is InChI=1S/C18H24N4O3S/c1-22(15-9-12-26(23,24)13-15)17-8-11-20-18(21-17)19-10-7-14-3-5-16(25-2)6-4-14/h3-6,8,11,15H,7,9-10,12-13H2,1-2H3,(H,19,20,21). The minimum absolute atomic E-state index is 0.0259. The average Bonchev–Trinajstić information content (AvgIpc) is 3.02. The van der Waals surface area contributed by atoms with Gasteiger partial charge in [0.1, 0.15) is 11.6 Å². The fourth-order valence-electron chi connectivity index (χ4n) is 3.01. The molecule has 0 saturated carbocycles. The SMILES string of the molecule is COc1ccc(CCNc2nccc(N(C)C3CCS(=O)(=O)C3)n2)cc1. The van der Waals surface area contributed by atoms with Crippen LogP contribution < -0.4 is 15.0 Å². The molecule has 0 bridgehead atoms. The van der Waals surface area contributed by atoms with E-state index in [0.29, 0.717) is 18.9 Å². The summed E-state index contributed by atoms with van der Waals surface area (Å²) in [6, 6.07) is 9.73. The van der Waals surface area contributed by atoms with E-state index in [1.54, 1.807) is 19.4 Å². The molecule has 2 aromatic rings. The molecule has 1 aromatic heterocycles. The van der Waals surface area contributed by atoms with Gasteiger partial charge >= 0.3 is 0 Å². The second-order valence-electron chi connectivity index (χ2n) is 6.43. The van der Waals surface area contributed by atoms with Gasteiger partial charge in [0.25, 0.3) is 0 Å². The fourth-order valence-corrected chi connectivity index (χ4v) is 4.78. The summed E-state index contributed by atoms with van der Waals surface area (Å²) in [5, 5.41) is 3.23. The van der Waals surface area contributed by atoms with Crippen LogP contribution in [0.25, 0.3) is 0 Å². The highest BCUT2D eigenvalue weighted by Crippen LogP contribution is 2.21. The van der Waals surface area contributed by atoms with Crippen molar-refractivity contribution in [1.29, 1.82) is 0 Å². The monoisotopic (exact) mass is 376 g/mol. The van der Waals surface area contributed by atoms with Crippen LogP contribution in [-0.4, -0.2) is 56.6 Å². The molecule has 1 saturated heterocycles. The number of rotatable bonds is 7. The molecule has 26 heavy (non-hydrogen) atoms. The van der Waals surface area contributed by atoms with Crippen molar-refractivity contribution in [2.24, 2.45) is 0 Å². The summed E-state index contributed by atoms with van der Waals surface area (Å²) in [5.74, 6) is 2.56. The molecule has 7 nitrogen and oxygen atoms in total. The molecular weight excluding hydrogens is 352 g/mol. The third-order valence-corrected chi connectivity index (χ3v) is 6.36. The van der Waals surface area contributed by atoms with Gasteiger partial charge in [0.2, 0.25) is 5.95 Å². The largest absolute Gasteiger partial charge is 0.497 e. The summed E-state index contributed by atoms with van der Waals surface area (Å²) in [5.41, 5.74) is 1.20. The van der Waals surface area contributed by atoms with Crippen molar-refractivity contribution in [3.8, 4) is 5.75 Å². The lowest BCUT2D eigenvalue weighted by molar-refractivity contribution is 0.414. The van der Waals surface area contributed by atoms with Crippen molar-refractivity contribution in [1.82, 2.24) is 9.97 Å². The van der Waals surface area contributed by atoms with Crippen molar-refractivity contribution < 1.29 is 13.2 Å². The number of hydrogen-bond donors (Lipinski definition) is 1. The fraction of sp³-hybridized carbons (Fsp3) is 0.444. The Labute approximate surface area is 154 Å². The molecule has 1 N–H and O–H groups in total. The maximum atomic E-state index is 11.7. The Morgan fingerprint density at radius 2 is 2.04 bits per heavy atom. The van der Waals surface area contributed by atoms with E-state index in [4.69, 9.17) is 4.74 Å². The molecule has 8 heteroatoms. The van der Waals surface area contributed by atoms with E-state index in [9.17, 15) is 8.42 Å². The van der Waals surface area contributed by atoms with Gasteiger partial charge < -0.3 is 15.0 Å². The minimum atomic E-state index is -2.92. The first-order valence-corrected chi connectivity index (χ1v) is 10.4. The van der Waals surface area contributed by atoms with Crippen LogP contribution in [0, 0.1) is 0 Å². The third kappa shape index (κ3) is 4.63. The molecule has 1 fully saturated rings. The molecule has 1 aliphatic rings. The maximum Gasteiger partial charge on any atom is 0.224 e. The van der Waals surface area contributed by atoms with E-state index in [-0.39, 0.29) is 17.5 Å². The summed E-state index contributed by atoms with van der Waals surface area (Å²) < 4.78 is 28.5. The number of methoxy groups -OCH3 is 1. The van der Waals surface area contributed by atoms with Crippen molar-refractivity contribution in [2.75, 3.05) is 42.4 Å². The number of nitrogens with zero attached hydrogens (tertiary/aromatic N) is 3. The molecule has 1 aromatic carbocycles. The Bertz CT molecular complexity index is 840. The number of sulfone groups is 1. The summed E-state index contributed by atoms with van der Waals surface area (Å²) in [6.07, 6.45) is 3.18. The first-order valence-electron chi connectivity index (χ1n) is 8.60. The van der Waals surface area contributed by atoms with E-state index in [0.717, 1.165) is 18.0 Å². The highest BCUT2D eigenvalue weighted by molar-refractivity contribution is 7.91. The summed E-state index contributed by atoms with van der Waals surface area (Å²) in [6.45, 7) is 0.706. The van der Waals surface area contributed by atoms with E-state index in [1.165, 1.54) is 5.56 Å². The molecule has 2 heterocycles. The van der Waals surface area contributed by atoms with E-state index >= 15 is 0 Å². The Balaban J connectivity index is 1.56. The minimum Gasteiger partial charge on any atom is -0.497 e. The lowest BCUT2D eigenvalue weighted by atomic mass is 10.1. The van der Waals surface area contributed by atoms with Gasteiger partial charge in [-0.05, 0) is 36.6 Å². The van der Waals surface area contributed by atoms with Gasteiger partial charge in [-0.2, -0.15) is 4.98 Å². The van der Waals surface area contributed by atoms with Gasteiger partial charge in [-0.15, -0.1) is 0 Å². The third-order valence-electron chi connectivity index (χ3n) is 4.61. The van der Waals surface area contributed by atoms with Gasteiger partial charge in [-0.25, -0.2) is 13.4 Å². The second-order valence-corrected chi connectivity index (χ2v) is 8.66. The number of nitrogens with one attached hydrogen (secondary N) is 1. The Morgan fingerprint density at radius 3 is 2.69 bits per heavy atom. The molecular formula is C18H24N4O3S. The Kier molecular flexibility index (Phi) is 5.61. The van der Waals surface area contributed by atoms with Gasteiger partial charge in [-0.3, -0.25) is 0 Å². The first kappa shape index (κ1) is 18.4. The van der Waals surface area contributed by atoms with Crippen LogP contribution in [0.4, 0.5) is 11.8 Å². The molecule has 140 valence electrons. The molecule has 3 rings (SSSR count). The summed E-state index contributed by atoms with van der Waals surface area (Å²) in [7, 11) is 0.617. The zero-order valence-corrected chi connectivity index (χ0v) is 15.9. The topological polar surface area (TPSA) is 84.4 Å². The van der Waals surface area contributed by atoms with Gasteiger partial charge in [0, 0.05) is 25.8 Å². The number of anilines is 2. The van der Waals surface area contributed by atoms with Gasteiger partial charge in [-0.1, -0.05) is 12.1 Å². The first-order chi connectivity index (χ1) is 12.5. The average molecular weight is 376 g/mol. The molecule has 1 unspecified atom stereocenters. The highest BCUT2D eigenvalue weighted by Gasteiger charge is 2.31. The zero-order chi connectivity index (χ0) is 18.6. The van der Waals surface area contributed by atoms with Crippen LogP contribution in [0.3, 0.4) is 0 Å². The summed E-state index contributed by atoms with van der Waals surface area (Å²) >= 11 is 0. The van der Waals surface area contributed by atoms with Crippen LogP contribution in [0.2, 0.25) is 0 Å². The predicted octanol–water partition coefficient (Wildman–Crippen LogP) is 1.76. The predicted molar refractivity (Wildman–Crippen MR) is 103 cm³/mol. The second kappa shape index (κ2) is 7.90. The smallest absolute Gasteiger partial charge is 0.224 e. The number of hydrogen-bond acceptors (Lipinski definition) is 7. The van der Waals surface area contributed by atoms with Crippen molar-refractivity contribution in [3.05, 3.63) is 42.1 Å². The van der Waals surface area contributed by atoms with Gasteiger partial charge in [0.15, 0.2) is 9.84 Å². The molecule has 0 aliphatic carbocycles. The molecule has 0 amide bonds. The lowest BCUT2D eigenvalue weighted by Crippen LogP contribution is -2.33. The van der Waals surface area contributed by atoms with Crippen molar-refractivity contribution in [2.45, 2.75) is 18.9 Å². The maximum absolute atomic E-state index is 11.7. The van der Waals surface area contributed by atoms with Gasteiger partial charge in [0.05, 0.1) is 18.6 Å².